The van der Waals surface area contributed by atoms with Gasteiger partial charge in [0, 0.05) is 6.07 Å². The maximum atomic E-state index is 5.76. The third-order valence-electron chi connectivity index (χ3n) is 1.54. The highest BCUT2D eigenvalue weighted by Gasteiger charge is 2.09. The summed E-state index contributed by atoms with van der Waals surface area (Å²) in [6.07, 6.45) is 0. The van der Waals surface area contributed by atoms with Crippen molar-refractivity contribution in [1.29, 1.82) is 0 Å². The molecule has 0 spiro atoms. The molecule has 0 amide bonds. The van der Waals surface area contributed by atoms with Crippen molar-refractivity contribution >= 4 is 38.4 Å². The van der Waals surface area contributed by atoms with Crippen LogP contribution in [0, 0.1) is 0 Å². The van der Waals surface area contributed by atoms with Gasteiger partial charge in [-0.1, -0.05) is 22.9 Å². The van der Waals surface area contributed by atoms with E-state index in [0.717, 1.165) is 0 Å². The van der Waals surface area contributed by atoms with E-state index < -0.39 is 0 Å². The molecule has 2 heterocycles. The van der Waals surface area contributed by atoms with E-state index in [0.29, 0.717) is 26.4 Å². The summed E-state index contributed by atoms with van der Waals surface area (Å²) in [6.45, 7) is 0. The average Bonchev–Trinajstić information content (AvgIpc) is 2.43. The summed E-state index contributed by atoms with van der Waals surface area (Å²) in [4.78, 5) is 8.84. The molecule has 2 rings (SSSR count). The Balaban J connectivity index is 2.80. The van der Waals surface area contributed by atoms with Crippen molar-refractivity contribution in [1.82, 2.24) is 9.97 Å². The topological polar surface area (TPSA) is 61.0 Å². The molecule has 0 aliphatic carbocycles. The first-order valence-electron chi connectivity index (χ1n) is 3.47. The lowest BCUT2D eigenvalue weighted by molar-refractivity contribution is 0.418. The van der Waals surface area contributed by atoms with Gasteiger partial charge in [0.05, 0.1) is 7.11 Å². The van der Waals surface area contributed by atoms with E-state index in [4.69, 9.17) is 22.1 Å². The van der Waals surface area contributed by atoms with E-state index in [1.165, 1.54) is 11.3 Å². The molecule has 2 aromatic heterocycles. The Hall–Kier alpha value is -1.07. The van der Waals surface area contributed by atoms with E-state index in [9.17, 15) is 0 Å². The number of hydrogen-bond donors (Lipinski definition) is 1. The van der Waals surface area contributed by atoms with Gasteiger partial charge < -0.3 is 10.5 Å². The fourth-order valence-electron chi connectivity index (χ4n) is 1.03. The maximum absolute atomic E-state index is 5.76. The number of ether oxygens (including phenoxy) is 1. The van der Waals surface area contributed by atoms with Crippen molar-refractivity contribution in [2.45, 2.75) is 0 Å². The molecule has 0 aliphatic rings. The zero-order valence-corrected chi connectivity index (χ0v) is 8.32. The highest BCUT2D eigenvalue weighted by Crippen LogP contribution is 2.31. The molecule has 0 radical (unpaired) electrons. The lowest BCUT2D eigenvalue weighted by Gasteiger charge is -1.99. The minimum atomic E-state index is 0.382. The normalized spacial score (nSPS) is 10.6. The highest BCUT2D eigenvalue weighted by molar-refractivity contribution is 7.21. The molecule has 68 valence electrons. The van der Waals surface area contributed by atoms with Crippen LogP contribution >= 0.6 is 22.9 Å². The third kappa shape index (κ3) is 1.40. The second-order valence-electron chi connectivity index (χ2n) is 2.35. The first-order valence-corrected chi connectivity index (χ1v) is 4.66. The zero-order valence-electron chi connectivity index (χ0n) is 6.74. The van der Waals surface area contributed by atoms with E-state index in [-0.39, 0.29) is 0 Å². The van der Waals surface area contributed by atoms with Crippen molar-refractivity contribution in [3.05, 3.63) is 11.2 Å². The molecule has 0 saturated heterocycles. The molecule has 0 aliphatic heterocycles. The molecule has 0 atom stereocenters. The summed E-state index contributed by atoms with van der Waals surface area (Å²) in [7, 11) is 1.56. The van der Waals surface area contributed by atoms with Crippen molar-refractivity contribution in [3.63, 3.8) is 0 Å². The van der Waals surface area contributed by atoms with E-state index in [1.54, 1.807) is 13.2 Å². The van der Waals surface area contributed by atoms with Crippen LogP contribution in [0.25, 0.3) is 10.3 Å². The Morgan fingerprint density at radius 1 is 1.54 bits per heavy atom. The minimum absolute atomic E-state index is 0.382. The number of nitrogens with zero attached hydrogens (tertiary/aromatic N) is 2. The minimum Gasteiger partial charge on any atom is -0.494 e. The van der Waals surface area contributed by atoms with Crippen molar-refractivity contribution in [2.75, 3.05) is 12.8 Å². The van der Waals surface area contributed by atoms with Crippen LogP contribution in [-0.4, -0.2) is 17.1 Å². The first-order chi connectivity index (χ1) is 6.20. The number of nitrogens with two attached hydrogens (primary N) is 1. The van der Waals surface area contributed by atoms with Crippen molar-refractivity contribution < 1.29 is 4.74 Å². The van der Waals surface area contributed by atoms with Gasteiger partial charge in [-0.15, -0.1) is 0 Å². The quantitative estimate of drug-likeness (QED) is 0.739. The van der Waals surface area contributed by atoms with Crippen LogP contribution < -0.4 is 10.5 Å². The van der Waals surface area contributed by atoms with Crippen molar-refractivity contribution in [2.24, 2.45) is 0 Å². The second kappa shape index (κ2) is 3.01. The van der Waals surface area contributed by atoms with Crippen LogP contribution in [0.5, 0.6) is 5.75 Å². The molecule has 0 unspecified atom stereocenters. The van der Waals surface area contributed by atoms with Gasteiger partial charge in [-0.05, 0) is 0 Å². The van der Waals surface area contributed by atoms with Crippen LogP contribution in [-0.2, 0) is 0 Å². The molecule has 2 N–H and O–H groups in total. The molecule has 6 heteroatoms. The molecule has 0 bridgehead atoms. The Labute approximate surface area is 83.3 Å². The van der Waals surface area contributed by atoms with Gasteiger partial charge in [0.2, 0.25) is 0 Å². The average molecular weight is 216 g/mol. The van der Waals surface area contributed by atoms with Gasteiger partial charge in [-0.3, -0.25) is 0 Å². The Morgan fingerprint density at radius 3 is 3.00 bits per heavy atom. The van der Waals surface area contributed by atoms with E-state index in [1.807, 2.05) is 0 Å². The third-order valence-corrected chi connectivity index (χ3v) is 2.51. The van der Waals surface area contributed by atoms with Crippen LogP contribution in [0.4, 0.5) is 5.13 Å². The first kappa shape index (κ1) is 8.52. The highest BCUT2D eigenvalue weighted by atomic mass is 35.5. The zero-order chi connectivity index (χ0) is 9.42. The molecule has 0 saturated carbocycles. The van der Waals surface area contributed by atoms with Gasteiger partial charge in [-0.2, -0.15) is 0 Å². The largest absolute Gasteiger partial charge is 0.494 e. The number of halogens is 1. The molecule has 0 fully saturated rings. The SMILES string of the molecule is COc1cc(Cl)nc2sc(N)nc12. The van der Waals surface area contributed by atoms with Gasteiger partial charge in [0.15, 0.2) is 15.7 Å². The van der Waals surface area contributed by atoms with Crippen molar-refractivity contribution in [3.8, 4) is 5.75 Å². The fraction of sp³-hybridized carbons (Fsp3) is 0.143. The predicted octanol–water partition coefficient (Wildman–Crippen LogP) is 1.94. The number of nitrogen functional groups attached to an aromatic ring is 1. The van der Waals surface area contributed by atoms with Crippen LogP contribution in [0.2, 0.25) is 5.15 Å². The number of fused-ring (bicyclic) bond motifs is 1. The number of hydrogen-bond acceptors (Lipinski definition) is 5. The summed E-state index contributed by atoms with van der Waals surface area (Å²) in [5.74, 6) is 0.600. The summed E-state index contributed by atoms with van der Waals surface area (Å²) in [5.41, 5.74) is 6.19. The molecule has 13 heavy (non-hydrogen) atoms. The van der Waals surface area contributed by atoms with E-state index in [2.05, 4.69) is 9.97 Å². The second-order valence-corrected chi connectivity index (χ2v) is 3.75. The number of anilines is 1. The van der Waals surface area contributed by atoms with E-state index >= 15 is 0 Å². The predicted molar refractivity (Wildman–Crippen MR) is 53.4 cm³/mol. The summed E-state index contributed by atoms with van der Waals surface area (Å²) in [6, 6.07) is 1.61. The lowest BCUT2D eigenvalue weighted by atomic mass is 10.4. The summed E-state index contributed by atoms with van der Waals surface area (Å²) in [5, 5.41) is 0.844. The van der Waals surface area contributed by atoms with Crippen LogP contribution in [0.1, 0.15) is 0 Å². The van der Waals surface area contributed by atoms with Gasteiger partial charge in [-0.25, -0.2) is 9.97 Å². The van der Waals surface area contributed by atoms with Gasteiger partial charge in [0.1, 0.15) is 10.7 Å². The Kier molecular flexibility index (Phi) is 1.97. The van der Waals surface area contributed by atoms with Crippen LogP contribution in [0.15, 0.2) is 6.07 Å². The molecule has 4 nitrogen and oxygen atoms in total. The molecular formula is C7H6ClN3OS. The molecule has 2 aromatic rings. The number of pyridine rings is 1. The monoisotopic (exact) mass is 215 g/mol. The van der Waals surface area contributed by atoms with Gasteiger partial charge in [0.25, 0.3) is 0 Å². The summed E-state index contributed by atoms with van der Waals surface area (Å²) < 4.78 is 5.09. The van der Waals surface area contributed by atoms with Crippen LogP contribution in [0.3, 0.4) is 0 Å². The number of rotatable bonds is 1. The smallest absolute Gasteiger partial charge is 0.182 e. The lowest BCUT2D eigenvalue weighted by Crippen LogP contribution is -1.87. The Bertz CT molecular complexity index is 456. The Morgan fingerprint density at radius 2 is 2.31 bits per heavy atom. The summed E-state index contributed by atoms with van der Waals surface area (Å²) >= 11 is 7.05. The number of aromatic nitrogens is 2. The maximum Gasteiger partial charge on any atom is 0.182 e. The molecule has 0 aromatic carbocycles. The fourth-order valence-corrected chi connectivity index (χ4v) is 1.98. The molecular weight excluding hydrogens is 210 g/mol. The standard InChI is InChI=1S/C7H6ClN3OS/c1-12-3-2-4(8)10-6-5(3)11-7(9)13-6/h2H,1H3,(H2,9,11). The number of thiazole rings is 1. The van der Waals surface area contributed by atoms with Gasteiger partial charge >= 0.3 is 0 Å². The number of methoxy groups -OCH3 is 1.